The molecule has 1 unspecified atom stereocenters. The molecule has 108 valence electrons. The van der Waals surface area contributed by atoms with Crippen LogP contribution < -0.4 is 5.73 Å². The summed E-state index contributed by atoms with van der Waals surface area (Å²) >= 11 is 0. The number of benzene rings is 1. The Hall–Kier alpha value is -1.21. The van der Waals surface area contributed by atoms with Gasteiger partial charge in [0.25, 0.3) is 0 Å². The largest absolute Gasteiger partial charge is 0.373 e. The molecule has 0 fully saturated rings. The Morgan fingerprint density at radius 3 is 2.47 bits per heavy atom. The van der Waals surface area contributed by atoms with Crippen molar-refractivity contribution >= 4 is 0 Å². The quantitative estimate of drug-likeness (QED) is 0.814. The van der Waals surface area contributed by atoms with Gasteiger partial charge in [-0.25, -0.2) is 13.2 Å². The van der Waals surface area contributed by atoms with E-state index in [4.69, 9.17) is 5.73 Å². The zero-order valence-electron chi connectivity index (χ0n) is 10.2. The van der Waals surface area contributed by atoms with Crippen LogP contribution in [0.5, 0.6) is 0 Å². The van der Waals surface area contributed by atoms with Crippen LogP contribution in [0, 0.1) is 12.7 Å². The highest BCUT2D eigenvalue weighted by Crippen LogP contribution is 2.23. The van der Waals surface area contributed by atoms with Gasteiger partial charge in [-0.05, 0) is 24.1 Å². The number of alkyl halides is 4. The van der Waals surface area contributed by atoms with Crippen molar-refractivity contribution in [3.63, 3.8) is 0 Å². The van der Waals surface area contributed by atoms with Gasteiger partial charge in [-0.15, -0.1) is 0 Å². The molecule has 2 N–H and O–H groups in total. The Morgan fingerprint density at radius 2 is 1.95 bits per heavy atom. The first-order valence-electron chi connectivity index (χ1n) is 5.49. The molecule has 0 spiro atoms. The van der Waals surface area contributed by atoms with Crippen molar-refractivity contribution in [2.45, 2.75) is 25.3 Å². The second-order valence-corrected chi connectivity index (χ2v) is 4.19. The smallest absolute Gasteiger partial charge is 0.330 e. The van der Waals surface area contributed by atoms with E-state index in [2.05, 4.69) is 4.74 Å². The number of nitrogens with two attached hydrogens (primary N) is 1. The first kappa shape index (κ1) is 15.8. The van der Waals surface area contributed by atoms with Gasteiger partial charge < -0.3 is 10.5 Å². The molecular weight excluding hydrogens is 269 g/mol. The van der Waals surface area contributed by atoms with Crippen LogP contribution in [0.25, 0.3) is 0 Å². The molecule has 0 aromatic heterocycles. The van der Waals surface area contributed by atoms with Crippen LogP contribution in [0.2, 0.25) is 0 Å². The minimum Gasteiger partial charge on any atom is -0.373 e. The highest BCUT2D eigenvalue weighted by atomic mass is 19.3. The number of hydrogen-bond acceptors (Lipinski definition) is 2. The Labute approximate surface area is 107 Å². The van der Waals surface area contributed by atoms with E-state index < -0.39 is 37.4 Å². The number of hydrogen-bond donors (Lipinski definition) is 1. The Kier molecular flexibility index (Phi) is 5.25. The third-order valence-corrected chi connectivity index (χ3v) is 2.54. The van der Waals surface area contributed by atoms with Crippen molar-refractivity contribution in [1.82, 2.24) is 0 Å². The zero-order valence-corrected chi connectivity index (χ0v) is 10.2. The van der Waals surface area contributed by atoms with Crippen LogP contribution in [0.3, 0.4) is 0 Å². The molecule has 0 radical (unpaired) electrons. The van der Waals surface area contributed by atoms with Crippen molar-refractivity contribution in [2.75, 3.05) is 13.2 Å². The molecule has 1 aromatic carbocycles. The molecule has 0 saturated heterocycles. The summed E-state index contributed by atoms with van der Waals surface area (Å²) in [4.78, 5) is 0. The van der Waals surface area contributed by atoms with Gasteiger partial charge in [0.2, 0.25) is 0 Å². The van der Waals surface area contributed by atoms with Gasteiger partial charge in [0.15, 0.2) is 0 Å². The summed E-state index contributed by atoms with van der Waals surface area (Å²) in [6, 6.07) is 3.31. The van der Waals surface area contributed by atoms with Crippen LogP contribution in [-0.2, 0) is 4.74 Å². The van der Waals surface area contributed by atoms with E-state index in [9.17, 15) is 22.0 Å². The highest BCUT2D eigenvalue weighted by molar-refractivity contribution is 5.25. The van der Waals surface area contributed by atoms with E-state index >= 15 is 0 Å². The molecule has 2 nitrogen and oxygen atoms in total. The minimum absolute atomic E-state index is 0.350. The molecule has 0 bridgehead atoms. The van der Waals surface area contributed by atoms with Crippen LogP contribution in [0.4, 0.5) is 22.0 Å². The van der Waals surface area contributed by atoms with Crippen molar-refractivity contribution in [3.05, 3.63) is 35.1 Å². The maximum Gasteiger partial charge on any atom is 0.330 e. The molecule has 0 heterocycles. The van der Waals surface area contributed by atoms with Crippen molar-refractivity contribution in [1.29, 1.82) is 0 Å². The van der Waals surface area contributed by atoms with E-state index in [0.717, 1.165) is 6.07 Å². The van der Waals surface area contributed by atoms with Gasteiger partial charge in [-0.3, -0.25) is 0 Å². The average molecular weight is 283 g/mol. The van der Waals surface area contributed by atoms with Gasteiger partial charge in [0.1, 0.15) is 12.4 Å². The van der Waals surface area contributed by atoms with Crippen molar-refractivity contribution in [3.8, 4) is 0 Å². The average Bonchev–Trinajstić information content (AvgIpc) is 2.32. The summed E-state index contributed by atoms with van der Waals surface area (Å²) in [5, 5.41) is 0. The van der Waals surface area contributed by atoms with Gasteiger partial charge in [-0.2, -0.15) is 8.78 Å². The predicted octanol–water partition coefficient (Wildman–Crippen LogP) is 3.05. The molecule has 1 rings (SSSR count). The summed E-state index contributed by atoms with van der Waals surface area (Å²) in [7, 11) is 0. The second-order valence-electron chi connectivity index (χ2n) is 4.19. The lowest BCUT2D eigenvalue weighted by atomic mass is 10.1. The first-order valence-corrected chi connectivity index (χ1v) is 5.49. The normalized spacial score (nSPS) is 13.9. The van der Waals surface area contributed by atoms with E-state index in [-0.39, 0.29) is 0 Å². The summed E-state index contributed by atoms with van der Waals surface area (Å²) in [5.41, 5.74) is 6.36. The second kappa shape index (κ2) is 6.29. The van der Waals surface area contributed by atoms with Crippen LogP contribution in [0.1, 0.15) is 17.2 Å². The lowest BCUT2D eigenvalue weighted by Crippen LogP contribution is -2.33. The monoisotopic (exact) mass is 283 g/mol. The Bertz CT molecular complexity index is 425. The van der Waals surface area contributed by atoms with Gasteiger partial charge >= 0.3 is 12.3 Å². The molecule has 0 aliphatic carbocycles. The molecular formula is C12H14F5NO. The maximum absolute atomic E-state index is 13.2. The van der Waals surface area contributed by atoms with Crippen molar-refractivity contribution in [2.24, 2.45) is 5.73 Å². The molecule has 0 saturated carbocycles. The zero-order chi connectivity index (χ0) is 14.6. The molecule has 7 heteroatoms. The molecule has 0 aliphatic rings. The van der Waals surface area contributed by atoms with E-state index in [1.165, 1.54) is 12.1 Å². The van der Waals surface area contributed by atoms with Crippen LogP contribution in [0.15, 0.2) is 18.2 Å². The first-order chi connectivity index (χ1) is 8.74. The number of ether oxygens (including phenoxy) is 1. The fourth-order valence-electron chi connectivity index (χ4n) is 1.32. The summed E-state index contributed by atoms with van der Waals surface area (Å²) in [6.45, 7) is -0.262. The summed E-state index contributed by atoms with van der Waals surface area (Å²) in [5.74, 6) is -4.69. The molecule has 1 atom stereocenters. The SMILES string of the molecule is Cc1ccc(C(N)COCC(F)(F)C(F)F)cc1F. The molecule has 19 heavy (non-hydrogen) atoms. The fraction of sp³-hybridized carbons (Fsp3) is 0.500. The van der Waals surface area contributed by atoms with Crippen LogP contribution in [-0.4, -0.2) is 25.6 Å². The topological polar surface area (TPSA) is 35.2 Å². The Balaban J connectivity index is 2.52. The lowest BCUT2D eigenvalue weighted by Gasteiger charge is -2.18. The third kappa shape index (κ3) is 4.43. The van der Waals surface area contributed by atoms with Gasteiger partial charge in [-0.1, -0.05) is 12.1 Å². The minimum atomic E-state index is -4.21. The lowest BCUT2D eigenvalue weighted by molar-refractivity contribution is -0.166. The standard InChI is InChI=1S/C12H14F5NO/c1-7-2-3-8(4-9(7)13)10(18)5-19-6-12(16,17)11(14)15/h2-4,10-11H,5-6,18H2,1H3. The highest BCUT2D eigenvalue weighted by Gasteiger charge is 2.41. The third-order valence-electron chi connectivity index (χ3n) is 2.54. The molecule has 0 amide bonds. The Morgan fingerprint density at radius 1 is 1.32 bits per heavy atom. The van der Waals surface area contributed by atoms with E-state index in [1.807, 2.05) is 0 Å². The number of aryl methyl sites for hydroxylation is 1. The van der Waals surface area contributed by atoms with Gasteiger partial charge in [0.05, 0.1) is 12.6 Å². The van der Waals surface area contributed by atoms with Gasteiger partial charge in [0, 0.05) is 0 Å². The molecule has 1 aromatic rings. The molecule has 0 aliphatic heterocycles. The number of halogens is 5. The van der Waals surface area contributed by atoms with Crippen LogP contribution >= 0.6 is 0 Å². The predicted molar refractivity (Wildman–Crippen MR) is 59.8 cm³/mol. The fourth-order valence-corrected chi connectivity index (χ4v) is 1.32. The summed E-state index contributed by atoms with van der Waals surface area (Å²) < 4.78 is 66.5. The maximum atomic E-state index is 13.2. The summed E-state index contributed by atoms with van der Waals surface area (Å²) in [6.07, 6.45) is -3.79. The van der Waals surface area contributed by atoms with Crippen molar-refractivity contribution < 1.29 is 26.7 Å². The number of rotatable bonds is 6. The van der Waals surface area contributed by atoms with E-state index in [1.54, 1.807) is 6.92 Å². The van der Waals surface area contributed by atoms with E-state index in [0.29, 0.717) is 11.1 Å².